The first-order valence-electron chi connectivity index (χ1n) is 12.2. The number of allylic oxidation sites excluding steroid dienone is 5. The molecule has 1 atom stereocenters. The number of aryl methyl sites for hydroxylation is 1. The largest absolute Gasteiger partial charge is 0.306 e. The molecule has 1 unspecified atom stereocenters. The molecule has 0 aromatic carbocycles. The number of fused-ring (bicyclic) bond motifs is 2. The van der Waals surface area contributed by atoms with Gasteiger partial charge >= 0.3 is 0 Å². The summed E-state index contributed by atoms with van der Waals surface area (Å²) in [5.74, 6) is 0.807. The topological polar surface area (TPSA) is 40.9 Å². The van der Waals surface area contributed by atoms with Gasteiger partial charge in [0.2, 0.25) is 0 Å². The van der Waals surface area contributed by atoms with Gasteiger partial charge in [-0.05, 0) is 99.9 Å². The zero-order valence-corrected chi connectivity index (χ0v) is 20.2. The summed E-state index contributed by atoms with van der Waals surface area (Å²) >= 11 is 0. The summed E-state index contributed by atoms with van der Waals surface area (Å²) in [6.07, 6.45) is 17.8. The van der Waals surface area contributed by atoms with Crippen molar-refractivity contribution < 1.29 is 4.79 Å². The quantitative estimate of drug-likeness (QED) is 0.643. The number of carbonyl (C=O) groups is 1. The molecule has 5 rings (SSSR count). The van der Waals surface area contributed by atoms with Crippen molar-refractivity contribution in [3.05, 3.63) is 77.6 Å². The van der Waals surface area contributed by atoms with E-state index in [4.69, 9.17) is 0 Å². The van der Waals surface area contributed by atoms with E-state index in [9.17, 15) is 4.79 Å². The fourth-order valence-corrected chi connectivity index (χ4v) is 5.30. The molecule has 33 heavy (non-hydrogen) atoms. The minimum atomic E-state index is 0.0335. The SMILES string of the molecule is Cc1cn2cc(C3=CC(=O)N4C=C(C5CCN(C(C)C)CC5)C=CC4=CCC3C)ccc2n1. The lowest BCUT2D eigenvalue weighted by Crippen LogP contribution is -2.39. The predicted molar refractivity (Wildman–Crippen MR) is 133 cm³/mol. The number of piperidine rings is 1. The van der Waals surface area contributed by atoms with Gasteiger partial charge in [0.15, 0.2) is 0 Å². The number of likely N-dealkylation sites (tertiary alicyclic amines) is 1. The summed E-state index contributed by atoms with van der Waals surface area (Å²) in [5.41, 5.74) is 6.36. The maximum Gasteiger partial charge on any atom is 0.255 e. The molecule has 3 aliphatic heterocycles. The number of nitrogens with zero attached hydrogens (tertiary/aromatic N) is 4. The summed E-state index contributed by atoms with van der Waals surface area (Å²) in [4.78, 5) is 22.4. The number of hydrogen-bond donors (Lipinski definition) is 0. The van der Waals surface area contributed by atoms with Gasteiger partial charge < -0.3 is 9.30 Å². The lowest BCUT2D eigenvalue weighted by Gasteiger charge is -2.36. The molecule has 1 fully saturated rings. The number of hydrogen-bond acceptors (Lipinski definition) is 3. The second-order valence-corrected chi connectivity index (χ2v) is 10.0. The van der Waals surface area contributed by atoms with Crippen LogP contribution in [0.2, 0.25) is 0 Å². The Labute approximate surface area is 196 Å². The van der Waals surface area contributed by atoms with Crippen molar-refractivity contribution in [1.29, 1.82) is 0 Å². The van der Waals surface area contributed by atoms with E-state index < -0.39 is 0 Å². The first kappa shape index (κ1) is 21.9. The van der Waals surface area contributed by atoms with E-state index >= 15 is 0 Å². The average Bonchev–Trinajstić information content (AvgIpc) is 3.19. The molecule has 5 heterocycles. The van der Waals surface area contributed by atoms with E-state index in [-0.39, 0.29) is 11.8 Å². The Hall–Kier alpha value is -2.92. The van der Waals surface area contributed by atoms with Crippen LogP contribution in [0, 0.1) is 18.8 Å². The Balaban J connectivity index is 1.42. The average molecular weight is 443 g/mol. The van der Waals surface area contributed by atoms with E-state index in [2.05, 4.69) is 67.3 Å². The highest BCUT2D eigenvalue weighted by Gasteiger charge is 2.27. The van der Waals surface area contributed by atoms with Gasteiger partial charge in [-0.2, -0.15) is 0 Å². The van der Waals surface area contributed by atoms with Crippen LogP contribution in [-0.2, 0) is 4.79 Å². The molecule has 3 aliphatic rings. The summed E-state index contributed by atoms with van der Waals surface area (Å²) < 4.78 is 2.05. The third kappa shape index (κ3) is 4.34. The molecule has 1 saturated heterocycles. The number of pyridine rings is 1. The lowest BCUT2D eigenvalue weighted by molar-refractivity contribution is -0.122. The normalized spacial score (nSPS) is 22.7. The Morgan fingerprint density at radius 3 is 2.64 bits per heavy atom. The van der Waals surface area contributed by atoms with Crippen molar-refractivity contribution in [2.45, 2.75) is 53.0 Å². The van der Waals surface area contributed by atoms with Crippen molar-refractivity contribution >= 4 is 17.1 Å². The van der Waals surface area contributed by atoms with Crippen LogP contribution in [-0.4, -0.2) is 44.2 Å². The fourth-order valence-electron chi connectivity index (χ4n) is 5.30. The highest BCUT2D eigenvalue weighted by Crippen LogP contribution is 2.34. The first-order valence-corrected chi connectivity index (χ1v) is 12.2. The molecule has 0 bridgehead atoms. The molecule has 2 aromatic rings. The Morgan fingerprint density at radius 2 is 1.88 bits per heavy atom. The van der Waals surface area contributed by atoms with Crippen molar-refractivity contribution in [3.8, 4) is 0 Å². The van der Waals surface area contributed by atoms with Crippen molar-refractivity contribution in [1.82, 2.24) is 19.2 Å². The maximum atomic E-state index is 13.5. The van der Waals surface area contributed by atoms with Crippen LogP contribution in [0.1, 0.15) is 51.3 Å². The molecule has 0 spiro atoms. The summed E-state index contributed by atoms with van der Waals surface area (Å²) in [6, 6.07) is 4.72. The molecule has 5 nitrogen and oxygen atoms in total. The van der Waals surface area contributed by atoms with Crippen LogP contribution in [0.4, 0.5) is 0 Å². The van der Waals surface area contributed by atoms with Crippen LogP contribution in [0.3, 0.4) is 0 Å². The number of imidazole rings is 1. The number of carbonyl (C=O) groups excluding carboxylic acids is 1. The van der Waals surface area contributed by atoms with E-state index in [0.717, 1.165) is 60.5 Å². The number of aromatic nitrogens is 2. The van der Waals surface area contributed by atoms with E-state index in [0.29, 0.717) is 12.0 Å². The van der Waals surface area contributed by atoms with Gasteiger partial charge in [-0.15, -0.1) is 0 Å². The molecule has 172 valence electrons. The third-order valence-corrected chi connectivity index (χ3v) is 7.37. The van der Waals surface area contributed by atoms with E-state index in [1.165, 1.54) is 5.57 Å². The lowest BCUT2D eigenvalue weighted by atomic mass is 9.86. The van der Waals surface area contributed by atoms with Crippen molar-refractivity contribution in [2.24, 2.45) is 11.8 Å². The zero-order chi connectivity index (χ0) is 23.1. The standard InChI is InChI=1S/C28H34N4O/c1-19(2)30-13-11-22(12-14-30)23-6-9-25-8-5-20(3)26(15-28(33)32(25)18-23)24-7-10-27-29-21(4)16-31(27)17-24/h6-10,15-20,22H,5,11-14H2,1-4H3. The minimum absolute atomic E-state index is 0.0335. The van der Waals surface area contributed by atoms with Crippen molar-refractivity contribution in [2.75, 3.05) is 13.1 Å². The highest BCUT2D eigenvalue weighted by molar-refractivity contribution is 5.98. The zero-order valence-electron chi connectivity index (χ0n) is 20.2. The van der Waals surface area contributed by atoms with Gasteiger partial charge in [-0.25, -0.2) is 4.98 Å². The second-order valence-electron chi connectivity index (χ2n) is 10.0. The van der Waals surface area contributed by atoms with E-state index in [1.807, 2.05) is 34.6 Å². The highest BCUT2D eigenvalue weighted by atomic mass is 16.2. The van der Waals surface area contributed by atoms with Gasteiger partial charge in [-0.1, -0.05) is 19.1 Å². The van der Waals surface area contributed by atoms with Crippen LogP contribution in [0.15, 0.2) is 66.3 Å². The second kappa shape index (κ2) is 8.79. The van der Waals surface area contributed by atoms with Crippen molar-refractivity contribution in [3.63, 3.8) is 0 Å². The van der Waals surface area contributed by atoms with E-state index in [1.54, 1.807) is 0 Å². The number of rotatable bonds is 3. The van der Waals surface area contributed by atoms with Crippen LogP contribution in [0.5, 0.6) is 0 Å². The molecule has 0 N–H and O–H groups in total. The summed E-state index contributed by atoms with van der Waals surface area (Å²) in [6.45, 7) is 11.0. The molecule has 5 heteroatoms. The van der Waals surface area contributed by atoms with Gasteiger partial charge in [-0.3, -0.25) is 9.69 Å². The van der Waals surface area contributed by atoms with Gasteiger partial charge in [0.25, 0.3) is 5.91 Å². The Bertz CT molecular complexity index is 1190. The summed E-state index contributed by atoms with van der Waals surface area (Å²) in [7, 11) is 0. The molecule has 0 aliphatic carbocycles. The minimum Gasteiger partial charge on any atom is -0.306 e. The van der Waals surface area contributed by atoms with Crippen LogP contribution < -0.4 is 0 Å². The Kier molecular flexibility index (Phi) is 5.83. The number of amides is 1. The Morgan fingerprint density at radius 1 is 1.09 bits per heavy atom. The molecule has 1 amide bonds. The van der Waals surface area contributed by atoms with Gasteiger partial charge in [0.1, 0.15) is 5.65 Å². The van der Waals surface area contributed by atoms with Gasteiger partial charge in [0.05, 0.1) is 5.69 Å². The molecule has 0 radical (unpaired) electrons. The molecule has 2 aromatic heterocycles. The predicted octanol–water partition coefficient (Wildman–Crippen LogP) is 5.35. The monoisotopic (exact) mass is 442 g/mol. The third-order valence-electron chi connectivity index (χ3n) is 7.37. The molecule has 0 saturated carbocycles. The maximum absolute atomic E-state index is 13.5. The first-order chi connectivity index (χ1) is 15.9. The fraction of sp³-hybridized carbons (Fsp3) is 0.429. The smallest absolute Gasteiger partial charge is 0.255 e. The van der Waals surface area contributed by atoms with Crippen LogP contribution in [0.25, 0.3) is 11.2 Å². The van der Waals surface area contributed by atoms with Crippen LogP contribution >= 0.6 is 0 Å². The molecular formula is C28H34N4O. The molecular weight excluding hydrogens is 408 g/mol. The van der Waals surface area contributed by atoms with Gasteiger partial charge in [0, 0.05) is 36.4 Å². The summed E-state index contributed by atoms with van der Waals surface area (Å²) in [5, 5.41) is 0.